The largest absolute Gasteiger partial charge is 0.461 e. The summed E-state index contributed by atoms with van der Waals surface area (Å²) in [6, 6.07) is 0. The minimum Gasteiger partial charge on any atom is -0.461 e. The summed E-state index contributed by atoms with van der Waals surface area (Å²) in [6.45, 7) is 5.33. The first-order valence-electron chi connectivity index (χ1n) is 4.22. The zero-order valence-corrected chi connectivity index (χ0v) is 9.26. The molecule has 2 N–H and O–H groups in total. The quantitative estimate of drug-likeness (QED) is 0.403. The van der Waals surface area contributed by atoms with Crippen LogP contribution in [0.1, 0.15) is 20.8 Å². The summed E-state index contributed by atoms with van der Waals surface area (Å²) in [7, 11) is 0. The van der Waals surface area contributed by atoms with Crippen LogP contribution < -0.4 is 5.43 Å². The Labute approximate surface area is 88.1 Å². The molecule has 82 valence electrons. The van der Waals surface area contributed by atoms with Gasteiger partial charge in [-0.1, -0.05) is 11.6 Å². The normalized spacial score (nSPS) is 12.5. The number of esters is 1. The molecule has 0 saturated carbocycles. The van der Waals surface area contributed by atoms with E-state index >= 15 is 0 Å². The zero-order valence-electron chi connectivity index (χ0n) is 8.50. The Morgan fingerprint density at radius 2 is 2.21 bits per heavy atom. The van der Waals surface area contributed by atoms with Gasteiger partial charge in [0.1, 0.15) is 0 Å². The molecule has 0 aliphatic carbocycles. The molecule has 0 radical (unpaired) electrons. The number of aliphatic hydroxyl groups is 1. The van der Waals surface area contributed by atoms with Crippen molar-refractivity contribution in [1.29, 1.82) is 0 Å². The molecule has 6 heteroatoms. The van der Waals surface area contributed by atoms with Crippen molar-refractivity contribution in [2.45, 2.75) is 26.4 Å². The van der Waals surface area contributed by atoms with Gasteiger partial charge in [0.15, 0.2) is 0 Å². The van der Waals surface area contributed by atoms with Gasteiger partial charge in [0.2, 0.25) is 5.17 Å². The molecular weight excluding hydrogens is 208 g/mol. The Morgan fingerprint density at radius 1 is 1.64 bits per heavy atom. The van der Waals surface area contributed by atoms with Crippen molar-refractivity contribution < 1.29 is 14.6 Å². The van der Waals surface area contributed by atoms with E-state index in [2.05, 4.69) is 15.3 Å². The summed E-state index contributed by atoms with van der Waals surface area (Å²) in [6.07, 6.45) is 0. The average molecular weight is 223 g/mol. The van der Waals surface area contributed by atoms with Gasteiger partial charge in [0, 0.05) is 0 Å². The Kier molecular flexibility index (Phi) is 5.49. The zero-order chi connectivity index (χ0) is 11.2. The van der Waals surface area contributed by atoms with Crippen molar-refractivity contribution in [1.82, 2.24) is 5.43 Å². The molecule has 0 bridgehead atoms. The number of hydrogen-bond donors (Lipinski definition) is 2. The number of rotatable bonds is 5. The molecule has 0 aliphatic rings. The number of carbonyl (C=O) groups is 1. The van der Waals surface area contributed by atoms with Crippen LogP contribution in [0.2, 0.25) is 0 Å². The van der Waals surface area contributed by atoms with Gasteiger partial charge >= 0.3 is 5.97 Å². The van der Waals surface area contributed by atoms with Crippen LogP contribution in [0.25, 0.3) is 0 Å². The summed E-state index contributed by atoms with van der Waals surface area (Å²) >= 11 is 5.47. The van der Waals surface area contributed by atoms with E-state index in [1.807, 2.05) is 0 Å². The van der Waals surface area contributed by atoms with Gasteiger partial charge in [0.05, 0.1) is 18.8 Å². The first-order chi connectivity index (χ1) is 6.37. The number of nitrogens with one attached hydrogen (secondary N) is 1. The molecule has 0 spiro atoms. The van der Waals surface area contributed by atoms with E-state index in [0.29, 0.717) is 0 Å². The van der Waals surface area contributed by atoms with Crippen molar-refractivity contribution >= 4 is 22.7 Å². The van der Waals surface area contributed by atoms with E-state index in [1.54, 1.807) is 20.8 Å². The summed E-state index contributed by atoms with van der Waals surface area (Å²) in [5.74, 6) is -0.683. The second kappa shape index (κ2) is 5.82. The minimum atomic E-state index is -0.907. The van der Waals surface area contributed by atoms with E-state index in [9.17, 15) is 9.90 Å². The van der Waals surface area contributed by atoms with E-state index in [0.717, 1.165) is 0 Å². The van der Waals surface area contributed by atoms with Gasteiger partial charge in [-0.05, 0) is 20.8 Å². The first-order valence-corrected chi connectivity index (χ1v) is 4.60. The maximum atomic E-state index is 10.9. The van der Waals surface area contributed by atoms with Crippen LogP contribution in [-0.2, 0) is 9.53 Å². The predicted molar refractivity (Wildman–Crippen MR) is 54.2 cm³/mol. The first kappa shape index (κ1) is 13.2. The van der Waals surface area contributed by atoms with Crippen molar-refractivity contribution in [2.75, 3.05) is 13.2 Å². The van der Waals surface area contributed by atoms with Gasteiger partial charge in [-0.2, -0.15) is 5.10 Å². The van der Waals surface area contributed by atoms with Crippen LogP contribution in [0.4, 0.5) is 0 Å². The molecule has 0 heterocycles. The molecule has 14 heavy (non-hydrogen) atoms. The Morgan fingerprint density at radius 3 is 2.64 bits per heavy atom. The number of carbonyl (C=O) groups excluding carboxylic acids is 1. The molecule has 0 aromatic heterocycles. The summed E-state index contributed by atoms with van der Waals surface area (Å²) in [5, 5.41) is 12.5. The van der Waals surface area contributed by atoms with E-state index < -0.39 is 11.6 Å². The fourth-order valence-electron chi connectivity index (χ4n) is 0.539. The molecule has 0 saturated heterocycles. The third kappa shape index (κ3) is 6.68. The van der Waals surface area contributed by atoms with Crippen molar-refractivity contribution in [3.63, 3.8) is 0 Å². The van der Waals surface area contributed by atoms with E-state index in [4.69, 9.17) is 11.6 Å². The maximum absolute atomic E-state index is 10.9. The highest BCUT2D eigenvalue weighted by Gasteiger charge is 2.12. The number of hydrogen-bond acceptors (Lipinski definition) is 5. The predicted octanol–water partition coefficient (Wildman–Crippen LogP) is 0.462. The molecule has 5 nitrogen and oxygen atoms in total. The second-order valence-corrected chi connectivity index (χ2v) is 3.63. The maximum Gasteiger partial charge on any atom is 0.370 e. The summed E-state index contributed by atoms with van der Waals surface area (Å²) in [5.41, 5.74) is 1.56. The molecule has 0 unspecified atom stereocenters. The molecule has 0 fully saturated rings. The van der Waals surface area contributed by atoms with Crippen molar-refractivity contribution in [3.8, 4) is 0 Å². The van der Waals surface area contributed by atoms with Gasteiger partial charge in [-0.25, -0.2) is 4.79 Å². The molecule has 0 amide bonds. The lowest BCUT2D eigenvalue weighted by molar-refractivity contribution is -0.134. The molecule has 0 aliphatic heterocycles. The number of nitrogens with zero attached hydrogens (tertiary/aromatic N) is 1. The summed E-state index contributed by atoms with van der Waals surface area (Å²) in [4.78, 5) is 10.9. The van der Waals surface area contributed by atoms with Gasteiger partial charge in [-0.15, -0.1) is 0 Å². The van der Waals surface area contributed by atoms with Crippen LogP contribution in [0.15, 0.2) is 5.10 Å². The van der Waals surface area contributed by atoms with Crippen LogP contribution in [0.5, 0.6) is 0 Å². The summed E-state index contributed by atoms with van der Waals surface area (Å²) < 4.78 is 4.58. The highest BCUT2D eigenvalue weighted by molar-refractivity contribution is 6.81. The highest BCUT2D eigenvalue weighted by atomic mass is 35.5. The Balaban J connectivity index is 3.94. The molecule has 0 atom stereocenters. The molecule has 0 aromatic rings. The fraction of sp³-hybridized carbons (Fsp3) is 0.750. The monoisotopic (exact) mass is 222 g/mol. The SMILES string of the molecule is CCOC(=O)/C(Cl)=N/NCC(C)(C)O. The third-order valence-electron chi connectivity index (χ3n) is 1.13. The van der Waals surface area contributed by atoms with Crippen molar-refractivity contribution in [3.05, 3.63) is 0 Å². The Bertz CT molecular complexity index is 223. The van der Waals surface area contributed by atoms with Gasteiger partial charge in [-0.3, -0.25) is 0 Å². The number of ether oxygens (including phenoxy) is 1. The smallest absolute Gasteiger partial charge is 0.370 e. The van der Waals surface area contributed by atoms with Crippen molar-refractivity contribution in [2.24, 2.45) is 5.10 Å². The topological polar surface area (TPSA) is 70.9 Å². The van der Waals surface area contributed by atoms with Gasteiger partial charge < -0.3 is 15.3 Å². The number of hydrazone groups is 1. The fourth-order valence-corrected chi connectivity index (χ4v) is 0.653. The van der Waals surface area contributed by atoms with Crippen LogP contribution in [0, 0.1) is 0 Å². The number of halogens is 1. The average Bonchev–Trinajstić information content (AvgIpc) is 2.02. The molecule has 0 rings (SSSR count). The molecule has 0 aromatic carbocycles. The third-order valence-corrected chi connectivity index (χ3v) is 1.37. The minimum absolute atomic E-state index is 0.197. The lowest BCUT2D eigenvalue weighted by atomic mass is 10.1. The standard InChI is InChI=1S/C8H15ClN2O3/c1-4-14-7(12)6(9)11-10-5-8(2,3)13/h10,13H,4-5H2,1-3H3/b11-6-. The second-order valence-electron chi connectivity index (χ2n) is 3.27. The van der Waals surface area contributed by atoms with Crippen LogP contribution in [0.3, 0.4) is 0 Å². The van der Waals surface area contributed by atoms with E-state index in [1.165, 1.54) is 0 Å². The highest BCUT2D eigenvalue weighted by Crippen LogP contribution is 1.97. The van der Waals surface area contributed by atoms with Gasteiger partial charge in [0.25, 0.3) is 0 Å². The van der Waals surface area contributed by atoms with Crippen LogP contribution in [-0.4, -0.2) is 35.0 Å². The molecular formula is C8H15ClN2O3. The van der Waals surface area contributed by atoms with Crippen LogP contribution >= 0.6 is 11.6 Å². The lowest BCUT2D eigenvalue weighted by Gasteiger charge is -2.15. The van der Waals surface area contributed by atoms with E-state index in [-0.39, 0.29) is 18.3 Å². The lowest BCUT2D eigenvalue weighted by Crippen LogP contribution is -2.33. The Hall–Kier alpha value is -0.810.